The predicted molar refractivity (Wildman–Crippen MR) is 72.8 cm³/mol. The molecular weight excluding hydrogens is 304 g/mol. The molecule has 0 radical (unpaired) electrons. The largest absolute Gasteiger partial charge is 0.473 e. The number of hydrogen-bond donors (Lipinski definition) is 1. The number of halogens is 2. The molecule has 2 aliphatic rings. The second kappa shape index (κ2) is 5.12. The van der Waals surface area contributed by atoms with Crippen molar-refractivity contribution in [2.45, 2.75) is 19.4 Å². The van der Waals surface area contributed by atoms with Crippen molar-refractivity contribution >= 4 is 28.3 Å². The van der Waals surface area contributed by atoms with Crippen molar-refractivity contribution in [1.29, 1.82) is 0 Å². The lowest BCUT2D eigenvalue weighted by molar-refractivity contribution is -0.0473. The molecule has 3 atom stereocenters. The molecule has 0 spiro atoms. The average molecular weight is 320 g/mol. The van der Waals surface area contributed by atoms with Gasteiger partial charge in [-0.3, -0.25) is 0 Å². The monoisotopic (exact) mass is 318 g/mol. The number of aryl methyl sites for hydroxylation is 1. The average Bonchev–Trinajstić information content (AvgIpc) is 2.28. The first kappa shape index (κ1) is 13.1. The Labute approximate surface area is 116 Å². The molecule has 1 unspecified atom stereocenters. The summed E-state index contributed by atoms with van der Waals surface area (Å²) in [5.41, 5.74) is 1.10. The minimum absolute atomic E-state index is 0. The Morgan fingerprint density at radius 2 is 2.12 bits per heavy atom. The van der Waals surface area contributed by atoms with Crippen LogP contribution in [0.4, 0.5) is 0 Å². The number of hydrogen-bond acceptors (Lipinski definition) is 3. The molecule has 5 heteroatoms. The van der Waals surface area contributed by atoms with E-state index in [0.29, 0.717) is 17.9 Å². The lowest BCUT2D eigenvalue weighted by atomic mass is 9.69. The van der Waals surface area contributed by atoms with Crippen molar-refractivity contribution in [2.75, 3.05) is 13.1 Å². The molecule has 17 heavy (non-hydrogen) atoms. The summed E-state index contributed by atoms with van der Waals surface area (Å²) in [7, 11) is 0. The zero-order valence-corrected chi connectivity index (χ0v) is 12.1. The van der Waals surface area contributed by atoms with Gasteiger partial charge < -0.3 is 10.1 Å². The highest BCUT2D eigenvalue weighted by molar-refractivity contribution is 9.10. The van der Waals surface area contributed by atoms with Crippen molar-refractivity contribution in [3.8, 4) is 5.88 Å². The van der Waals surface area contributed by atoms with Gasteiger partial charge in [0.15, 0.2) is 0 Å². The van der Waals surface area contributed by atoms with Gasteiger partial charge in [-0.2, -0.15) is 0 Å². The van der Waals surface area contributed by atoms with E-state index in [2.05, 4.69) is 32.3 Å². The van der Waals surface area contributed by atoms with Crippen molar-refractivity contribution in [2.24, 2.45) is 11.8 Å². The van der Waals surface area contributed by atoms with Crippen LogP contribution in [-0.4, -0.2) is 24.2 Å². The quantitative estimate of drug-likeness (QED) is 0.910. The maximum atomic E-state index is 6.03. The Balaban J connectivity index is 0.00000108. The van der Waals surface area contributed by atoms with E-state index in [1.54, 1.807) is 6.20 Å². The molecule has 1 saturated heterocycles. The Morgan fingerprint density at radius 3 is 2.71 bits per heavy atom. The fourth-order valence-corrected chi connectivity index (χ4v) is 3.12. The third-order valence-corrected chi connectivity index (χ3v) is 4.03. The molecular formula is C12H16BrClN2O. The van der Waals surface area contributed by atoms with Gasteiger partial charge in [0.05, 0.1) is 0 Å². The van der Waals surface area contributed by atoms with E-state index < -0.39 is 0 Å². The molecule has 2 heterocycles. The lowest BCUT2D eigenvalue weighted by Crippen LogP contribution is -2.59. The predicted octanol–water partition coefficient (Wildman–Crippen LogP) is 2.56. The summed E-state index contributed by atoms with van der Waals surface area (Å²) in [6, 6.07) is 2.05. The number of nitrogens with zero attached hydrogens (tertiary/aromatic N) is 1. The summed E-state index contributed by atoms with van der Waals surface area (Å²) >= 11 is 3.41. The molecule has 3 rings (SSSR count). The summed E-state index contributed by atoms with van der Waals surface area (Å²) in [4.78, 5) is 4.34. The number of pyridine rings is 1. The molecule has 94 valence electrons. The molecule has 0 aromatic carbocycles. The first-order valence-electron chi connectivity index (χ1n) is 5.73. The Hall–Kier alpha value is -0.320. The maximum Gasteiger partial charge on any atom is 0.216 e. The van der Waals surface area contributed by atoms with Gasteiger partial charge in [-0.05, 0) is 35.3 Å². The molecule has 1 aromatic heterocycles. The van der Waals surface area contributed by atoms with Gasteiger partial charge in [0.2, 0.25) is 5.88 Å². The summed E-state index contributed by atoms with van der Waals surface area (Å²) in [6.07, 6.45) is 3.50. The highest BCUT2D eigenvalue weighted by Crippen LogP contribution is 2.39. The highest BCUT2D eigenvalue weighted by atomic mass is 79.9. The Kier molecular flexibility index (Phi) is 3.95. The molecule has 2 fully saturated rings. The zero-order valence-electron chi connectivity index (χ0n) is 9.65. The molecule has 3 nitrogen and oxygen atoms in total. The SMILES string of the molecule is Cc1cc(Br)cnc1OC1[C@@H]2CNC[C@H]1C2.Cl. The highest BCUT2D eigenvalue weighted by Gasteiger charge is 2.45. The molecule has 1 N–H and O–H groups in total. The first-order valence-corrected chi connectivity index (χ1v) is 6.53. The van der Waals surface area contributed by atoms with Crippen LogP contribution in [0.1, 0.15) is 12.0 Å². The molecule has 2 bridgehead atoms. The third kappa shape index (κ3) is 2.44. The summed E-state index contributed by atoms with van der Waals surface area (Å²) in [5, 5.41) is 3.42. The number of aromatic nitrogens is 1. The van der Waals surface area contributed by atoms with E-state index in [4.69, 9.17) is 4.74 Å². The number of piperidine rings is 2. The lowest BCUT2D eigenvalue weighted by Gasteiger charge is -2.48. The molecule has 1 saturated carbocycles. The van der Waals surface area contributed by atoms with Gasteiger partial charge in [0, 0.05) is 41.2 Å². The molecule has 0 amide bonds. The Bertz CT molecular complexity index is 401. The van der Waals surface area contributed by atoms with Crippen LogP contribution in [0.25, 0.3) is 0 Å². The van der Waals surface area contributed by atoms with E-state index in [1.165, 1.54) is 6.42 Å². The van der Waals surface area contributed by atoms with Crippen LogP contribution in [-0.2, 0) is 0 Å². The smallest absolute Gasteiger partial charge is 0.216 e. The van der Waals surface area contributed by atoms with Gasteiger partial charge in [-0.1, -0.05) is 0 Å². The van der Waals surface area contributed by atoms with Crippen LogP contribution in [0.5, 0.6) is 5.88 Å². The van der Waals surface area contributed by atoms with Gasteiger partial charge >= 0.3 is 0 Å². The van der Waals surface area contributed by atoms with Crippen molar-refractivity contribution in [1.82, 2.24) is 10.3 Å². The standard InChI is InChI=1S/C12H15BrN2O.ClH/c1-7-2-10(13)6-15-12(7)16-11-8-3-9(11)5-14-4-8;/h2,6,8-9,11,14H,3-5H2,1H3;1H/t8-,9+,11?;. The Morgan fingerprint density at radius 1 is 1.41 bits per heavy atom. The minimum Gasteiger partial charge on any atom is -0.473 e. The van der Waals surface area contributed by atoms with Crippen molar-refractivity contribution < 1.29 is 4.74 Å². The summed E-state index contributed by atoms with van der Waals surface area (Å²) in [5.74, 6) is 2.16. The summed E-state index contributed by atoms with van der Waals surface area (Å²) in [6.45, 7) is 4.23. The molecule has 1 aromatic rings. The zero-order chi connectivity index (χ0) is 11.1. The van der Waals surface area contributed by atoms with E-state index in [1.807, 2.05) is 6.92 Å². The number of nitrogens with one attached hydrogen (secondary N) is 1. The van der Waals surface area contributed by atoms with Gasteiger partial charge in [0.25, 0.3) is 0 Å². The fraction of sp³-hybridized carbons (Fsp3) is 0.583. The van der Waals surface area contributed by atoms with Gasteiger partial charge in [-0.25, -0.2) is 4.98 Å². The fourth-order valence-electron chi connectivity index (χ4n) is 2.67. The number of ether oxygens (including phenoxy) is 1. The normalized spacial score (nSPS) is 30.1. The van der Waals surface area contributed by atoms with E-state index in [-0.39, 0.29) is 12.4 Å². The van der Waals surface area contributed by atoms with E-state index in [9.17, 15) is 0 Å². The van der Waals surface area contributed by atoms with Crippen LogP contribution < -0.4 is 10.1 Å². The van der Waals surface area contributed by atoms with Crippen LogP contribution in [0.15, 0.2) is 16.7 Å². The number of fused-ring (bicyclic) bond motifs is 2. The second-order valence-corrected chi connectivity index (χ2v) is 5.69. The summed E-state index contributed by atoms with van der Waals surface area (Å²) < 4.78 is 7.04. The first-order chi connectivity index (χ1) is 7.74. The van der Waals surface area contributed by atoms with Gasteiger partial charge in [-0.15, -0.1) is 12.4 Å². The topological polar surface area (TPSA) is 34.1 Å². The van der Waals surface area contributed by atoms with Crippen LogP contribution in [0.2, 0.25) is 0 Å². The van der Waals surface area contributed by atoms with E-state index in [0.717, 1.165) is 29.0 Å². The molecule has 1 aliphatic carbocycles. The van der Waals surface area contributed by atoms with Crippen LogP contribution in [0, 0.1) is 18.8 Å². The van der Waals surface area contributed by atoms with E-state index >= 15 is 0 Å². The third-order valence-electron chi connectivity index (χ3n) is 3.59. The van der Waals surface area contributed by atoms with Crippen molar-refractivity contribution in [3.63, 3.8) is 0 Å². The molecule has 1 aliphatic heterocycles. The van der Waals surface area contributed by atoms with Crippen molar-refractivity contribution in [3.05, 3.63) is 22.3 Å². The van der Waals surface area contributed by atoms with Crippen LogP contribution in [0.3, 0.4) is 0 Å². The minimum atomic E-state index is 0. The van der Waals surface area contributed by atoms with Gasteiger partial charge in [0.1, 0.15) is 6.10 Å². The maximum absolute atomic E-state index is 6.03. The van der Waals surface area contributed by atoms with Crippen LogP contribution >= 0.6 is 28.3 Å². The number of rotatable bonds is 2. The second-order valence-electron chi connectivity index (χ2n) is 4.77.